The lowest BCUT2D eigenvalue weighted by Gasteiger charge is -2.19. The minimum atomic E-state index is -0.351. The molecule has 20 heavy (non-hydrogen) atoms. The van der Waals surface area contributed by atoms with Gasteiger partial charge >= 0.3 is 0 Å². The van der Waals surface area contributed by atoms with Crippen molar-refractivity contribution in [1.82, 2.24) is 5.32 Å². The molecule has 0 saturated carbocycles. The van der Waals surface area contributed by atoms with E-state index in [1.807, 2.05) is 7.05 Å². The van der Waals surface area contributed by atoms with Crippen LogP contribution in [-0.4, -0.2) is 7.05 Å². The lowest BCUT2D eigenvalue weighted by molar-refractivity contribution is 0.580. The van der Waals surface area contributed by atoms with Crippen molar-refractivity contribution in [2.45, 2.75) is 12.5 Å². The molecule has 1 unspecified atom stereocenters. The number of hydrogen-bond donors (Lipinski definition) is 1. The predicted octanol–water partition coefficient (Wildman–Crippen LogP) is 4.73. The second-order valence-corrected chi connectivity index (χ2v) is 6.02. The van der Waals surface area contributed by atoms with Gasteiger partial charge in [-0.15, -0.1) is 0 Å². The molecule has 2 aromatic rings. The Morgan fingerprint density at radius 2 is 1.80 bits per heavy atom. The second kappa shape index (κ2) is 6.83. The molecule has 1 atom stereocenters. The fraction of sp³-hybridized carbons (Fsp3) is 0.200. The van der Waals surface area contributed by atoms with Crippen molar-refractivity contribution in [2.24, 2.45) is 0 Å². The van der Waals surface area contributed by atoms with Crippen LogP contribution in [0.2, 0.25) is 5.02 Å². The van der Waals surface area contributed by atoms with E-state index in [0.29, 0.717) is 11.4 Å². The summed E-state index contributed by atoms with van der Waals surface area (Å²) in [5.41, 5.74) is 1.85. The number of hydrogen-bond acceptors (Lipinski definition) is 1. The van der Waals surface area contributed by atoms with Gasteiger partial charge in [-0.25, -0.2) is 8.78 Å². The Balaban J connectivity index is 2.28. The number of halogens is 4. The Morgan fingerprint density at radius 1 is 1.15 bits per heavy atom. The normalized spacial score (nSPS) is 12.4. The largest absolute Gasteiger partial charge is 0.313 e. The van der Waals surface area contributed by atoms with E-state index in [-0.39, 0.29) is 17.7 Å². The van der Waals surface area contributed by atoms with E-state index >= 15 is 0 Å². The summed E-state index contributed by atoms with van der Waals surface area (Å²) in [6.07, 6.45) is 0.608. The maximum absolute atomic E-state index is 13.2. The molecule has 1 nitrogen and oxygen atoms in total. The molecule has 0 saturated heterocycles. The van der Waals surface area contributed by atoms with Gasteiger partial charge in [0.2, 0.25) is 0 Å². The third-order valence-electron chi connectivity index (χ3n) is 3.13. The van der Waals surface area contributed by atoms with E-state index in [0.717, 1.165) is 14.7 Å². The third-order valence-corrected chi connectivity index (χ3v) is 4.41. The average molecular weight is 408 g/mol. The fourth-order valence-electron chi connectivity index (χ4n) is 2.06. The molecule has 0 amide bonds. The molecule has 2 rings (SSSR count). The highest BCUT2D eigenvalue weighted by Crippen LogP contribution is 2.27. The van der Waals surface area contributed by atoms with Crippen LogP contribution in [0.3, 0.4) is 0 Å². The first-order valence-electron chi connectivity index (χ1n) is 6.07. The van der Waals surface area contributed by atoms with Crippen molar-refractivity contribution in [1.29, 1.82) is 0 Å². The maximum Gasteiger partial charge on any atom is 0.124 e. The predicted molar refractivity (Wildman–Crippen MR) is 86.0 cm³/mol. The van der Waals surface area contributed by atoms with Crippen molar-refractivity contribution in [2.75, 3.05) is 7.05 Å². The van der Waals surface area contributed by atoms with Crippen molar-refractivity contribution >= 4 is 34.2 Å². The summed E-state index contributed by atoms with van der Waals surface area (Å²) in [6.45, 7) is 0. The monoisotopic (exact) mass is 407 g/mol. The molecule has 0 aromatic heterocycles. The summed E-state index contributed by atoms with van der Waals surface area (Å²) in [5, 5.41) is 3.59. The van der Waals surface area contributed by atoms with E-state index in [9.17, 15) is 8.78 Å². The fourth-order valence-corrected chi connectivity index (χ4v) is 3.16. The van der Waals surface area contributed by atoms with Crippen LogP contribution in [0, 0.1) is 15.2 Å². The van der Waals surface area contributed by atoms with Crippen LogP contribution in [0.25, 0.3) is 0 Å². The molecule has 0 aliphatic rings. The first-order valence-corrected chi connectivity index (χ1v) is 7.53. The lowest BCUT2D eigenvalue weighted by atomic mass is 9.99. The van der Waals surface area contributed by atoms with Crippen molar-refractivity contribution in [3.05, 3.63) is 67.8 Å². The quantitative estimate of drug-likeness (QED) is 0.723. The summed E-state index contributed by atoms with van der Waals surface area (Å²) in [7, 11) is 1.83. The Bertz CT molecular complexity index is 619. The Labute approximate surface area is 135 Å². The van der Waals surface area contributed by atoms with Gasteiger partial charge in [0.05, 0.1) is 0 Å². The van der Waals surface area contributed by atoms with Crippen LogP contribution in [0.5, 0.6) is 0 Å². The molecule has 106 valence electrons. The molecule has 5 heteroatoms. The van der Waals surface area contributed by atoms with Crippen LogP contribution >= 0.6 is 34.2 Å². The van der Waals surface area contributed by atoms with Gasteiger partial charge < -0.3 is 5.32 Å². The minimum absolute atomic E-state index is 0.00883. The van der Waals surface area contributed by atoms with Gasteiger partial charge in [0.25, 0.3) is 0 Å². The van der Waals surface area contributed by atoms with Crippen molar-refractivity contribution in [3.8, 4) is 0 Å². The minimum Gasteiger partial charge on any atom is -0.313 e. The standard InChI is InChI=1S/C15H13ClF2IN/c1-20-15(12-5-4-11(18)8-14(12)19)6-9-2-3-10(17)7-13(9)16/h2-5,7-8,15,20H,6H2,1H3. The number of nitrogens with one attached hydrogen (secondary N) is 1. The highest BCUT2D eigenvalue weighted by molar-refractivity contribution is 14.1. The van der Waals surface area contributed by atoms with Gasteiger partial charge in [0, 0.05) is 14.6 Å². The SMILES string of the molecule is CNC(Cc1ccc(F)cc1Cl)c1ccc(F)cc1I. The van der Waals surface area contributed by atoms with Crippen LogP contribution in [-0.2, 0) is 6.42 Å². The second-order valence-electron chi connectivity index (χ2n) is 4.45. The molecule has 0 heterocycles. The molecule has 0 radical (unpaired) electrons. The molecule has 0 aliphatic heterocycles. The summed E-state index contributed by atoms with van der Waals surface area (Å²) in [4.78, 5) is 0. The highest BCUT2D eigenvalue weighted by atomic mass is 127. The topological polar surface area (TPSA) is 12.0 Å². The van der Waals surface area contributed by atoms with Gasteiger partial charge in [-0.3, -0.25) is 0 Å². The molecular formula is C15H13ClF2IN. The zero-order valence-electron chi connectivity index (χ0n) is 10.8. The third kappa shape index (κ3) is 3.68. The Kier molecular flexibility index (Phi) is 5.35. The van der Waals surface area contributed by atoms with Gasteiger partial charge in [-0.2, -0.15) is 0 Å². The van der Waals surface area contributed by atoms with Crippen molar-refractivity contribution < 1.29 is 8.78 Å². The molecule has 0 bridgehead atoms. The number of benzene rings is 2. The summed E-state index contributed by atoms with van der Waals surface area (Å²) < 4.78 is 27.1. The van der Waals surface area contributed by atoms with Gasteiger partial charge in [0.15, 0.2) is 0 Å². The smallest absolute Gasteiger partial charge is 0.124 e. The summed E-state index contributed by atoms with van der Waals surface area (Å²) in [6, 6.07) is 9.06. The molecule has 2 aromatic carbocycles. The lowest BCUT2D eigenvalue weighted by Crippen LogP contribution is -2.20. The van der Waals surface area contributed by atoms with Gasteiger partial charge in [-0.1, -0.05) is 23.7 Å². The number of likely N-dealkylation sites (N-methyl/N-ethyl adjacent to an activating group) is 1. The molecule has 0 fully saturated rings. The first kappa shape index (κ1) is 15.7. The molecular weight excluding hydrogens is 395 g/mol. The van der Waals surface area contributed by atoms with E-state index in [2.05, 4.69) is 27.9 Å². The van der Waals surface area contributed by atoms with Crippen LogP contribution in [0.15, 0.2) is 36.4 Å². The van der Waals surface area contributed by atoms with E-state index in [1.165, 1.54) is 24.3 Å². The summed E-state index contributed by atoms with van der Waals surface area (Å²) >= 11 is 8.16. The summed E-state index contributed by atoms with van der Waals surface area (Å²) in [5.74, 6) is -0.607. The molecule has 0 spiro atoms. The Hall–Kier alpha value is -0.720. The Morgan fingerprint density at radius 3 is 2.40 bits per heavy atom. The zero-order chi connectivity index (χ0) is 14.7. The van der Waals surface area contributed by atoms with E-state index < -0.39 is 0 Å². The maximum atomic E-state index is 13.2. The molecule has 1 N–H and O–H groups in total. The average Bonchev–Trinajstić information content (AvgIpc) is 2.39. The van der Waals surface area contributed by atoms with E-state index in [4.69, 9.17) is 11.6 Å². The van der Waals surface area contributed by atoms with Crippen molar-refractivity contribution in [3.63, 3.8) is 0 Å². The first-order chi connectivity index (χ1) is 9.51. The van der Waals surface area contributed by atoms with E-state index in [1.54, 1.807) is 12.1 Å². The van der Waals surface area contributed by atoms with Crippen LogP contribution < -0.4 is 5.32 Å². The van der Waals surface area contributed by atoms with Gasteiger partial charge in [0.1, 0.15) is 11.6 Å². The zero-order valence-corrected chi connectivity index (χ0v) is 13.7. The number of rotatable bonds is 4. The highest BCUT2D eigenvalue weighted by Gasteiger charge is 2.15. The molecule has 0 aliphatic carbocycles. The van der Waals surface area contributed by atoms with Gasteiger partial charge in [-0.05, 0) is 71.5 Å². The van der Waals surface area contributed by atoms with Crippen LogP contribution in [0.1, 0.15) is 17.2 Å². The van der Waals surface area contributed by atoms with Crippen LogP contribution in [0.4, 0.5) is 8.78 Å².